The van der Waals surface area contributed by atoms with Gasteiger partial charge in [0.15, 0.2) is 0 Å². The molecule has 0 aromatic carbocycles. The van der Waals surface area contributed by atoms with Crippen molar-refractivity contribution in [3.8, 4) is 0 Å². The van der Waals surface area contributed by atoms with E-state index in [1.54, 1.807) is 6.92 Å². The van der Waals surface area contributed by atoms with Gasteiger partial charge in [-0.25, -0.2) is 19.0 Å². The fourth-order valence-corrected chi connectivity index (χ4v) is 1.98. The molecule has 0 bridgehead atoms. The van der Waals surface area contributed by atoms with Gasteiger partial charge in [0.2, 0.25) is 16.0 Å². The van der Waals surface area contributed by atoms with E-state index in [9.17, 15) is 8.42 Å². The van der Waals surface area contributed by atoms with Crippen LogP contribution in [0.4, 0.5) is 0 Å². The molecule has 7 nitrogen and oxygen atoms in total. The molecule has 0 aliphatic rings. The SMILES string of the molecule is CCNS(=O)(=O)CCNC(=NCC(C)C)NN. The zero-order chi connectivity index (χ0) is 13.3. The first-order chi connectivity index (χ1) is 7.91. The number of nitrogens with two attached hydrogens (primary N) is 1. The lowest BCUT2D eigenvalue weighted by atomic mass is 10.2. The number of hydrazine groups is 1. The van der Waals surface area contributed by atoms with Crippen LogP contribution in [0.5, 0.6) is 0 Å². The first-order valence-electron chi connectivity index (χ1n) is 5.63. The second kappa shape index (κ2) is 8.26. The number of nitrogens with zero attached hydrogens (tertiary/aromatic N) is 1. The Bertz CT molecular complexity index is 326. The Hall–Kier alpha value is -0.860. The molecule has 0 radical (unpaired) electrons. The van der Waals surface area contributed by atoms with E-state index in [-0.39, 0.29) is 12.3 Å². The molecule has 5 N–H and O–H groups in total. The van der Waals surface area contributed by atoms with Crippen molar-refractivity contribution in [3.63, 3.8) is 0 Å². The van der Waals surface area contributed by atoms with Gasteiger partial charge in [-0.2, -0.15) is 0 Å². The third-order valence-corrected chi connectivity index (χ3v) is 3.25. The van der Waals surface area contributed by atoms with Gasteiger partial charge < -0.3 is 5.32 Å². The molecule has 0 spiro atoms. The van der Waals surface area contributed by atoms with Crippen molar-refractivity contribution in [1.29, 1.82) is 0 Å². The average Bonchev–Trinajstić information content (AvgIpc) is 2.22. The monoisotopic (exact) mass is 265 g/mol. The molecule has 0 saturated heterocycles. The molecule has 0 atom stereocenters. The smallest absolute Gasteiger partial charge is 0.213 e. The quantitative estimate of drug-likeness (QED) is 0.204. The van der Waals surface area contributed by atoms with Gasteiger partial charge in [0.05, 0.1) is 5.75 Å². The van der Waals surface area contributed by atoms with Gasteiger partial charge in [-0.3, -0.25) is 10.4 Å². The van der Waals surface area contributed by atoms with Gasteiger partial charge in [0.1, 0.15) is 0 Å². The van der Waals surface area contributed by atoms with Crippen LogP contribution >= 0.6 is 0 Å². The minimum atomic E-state index is -3.20. The first kappa shape index (κ1) is 16.1. The van der Waals surface area contributed by atoms with Crippen molar-refractivity contribution in [2.45, 2.75) is 20.8 Å². The Morgan fingerprint density at radius 3 is 2.53 bits per heavy atom. The minimum absolute atomic E-state index is 0.0107. The van der Waals surface area contributed by atoms with E-state index in [0.29, 0.717) is 25.0 Å². The molecule has 0 heterocycles. The maximum atomic E-state index is 11.3. The third kappa shape index (κ3) is 8.90. The molecule has 0 aliphatic carbocycles. The molecule has 102 valence electrons. The predicted octanol–water partition coefficient (Wildman–Crippen LogP) is -1.01. The summed E-state index contributed by atoms with van der Waals surface area (Å²) in [4.78, 5) is 4.16. The lowest BCUT2D eigenvalue weighted by Gasteiger charge is -2.10. The van der Waals surface area contributed by atoms with E-state index >= 15 is 0 Å². The molecule has 0 aliphatic heterocycles. The summed E-state index contributed by atoms with van der Waals surface area (Å²) >= 11 is 0. The highest BCUT2D eigenvalue weighted by Crippen LogP contribution is 1.90. The lowest BCUT2D eigenvalue weighted by Crippen LogP contribution is -2.44. The van der Waals surface area contributed by atoms with Crippen LogP contribution in [0, 0.1) is 5.92 Å². The van der Waals surface area contributed by atoms with Crippen molar-refractivity contribution in [1.82, 2.24) is 15.5 Å². The van der Waals surface area contributed by atoms with Crippen LogP contribution in [0.2, 0.25) is 0 Å². The number of hydrogen-bond donors (Lipinski definition) is 4. The first-order valence-corrected chi connectivity index (χ1v) is 7.28. The molecule has 0 aromatic heterocycles. The van der Waals surface area contributed by atoms with Crippen molar-refractivity contribution in [2.75, 3.05) is 25.4 Å². The summed E-state index contributed by atoms with van der Waals surface area (Å²) < 4.78 is 25.1. The molecule has 0 amide bonds. The fraction of sp³-hybridized carbons (Fsp3) is 0.889. The average molecular weight is 265 g/mol. The lowest BCUT2D eigenvalue weighted by molar-refractivity contribution is 0.582. The third-order valence-electron chi connectivity index (χ3n) is 1.78. The van der Waals surface area contributed by atoms with Gasteiger partial charge in [-0.1, -0.05) is 20.8 Å². The van der Waals surface area contributed by atoms with Crippen molar-refractivity contribution < 1.29 is 8.42 Å². The zero-order valence-corrected chi connectivity index (χ0v) is 11.5. The van der Waals surface area contributed by atoms with E-state index in [2.05, 4.69) is 20.5 Å². The number of guanidine groups is 1. The molecule has 17 heavy (non-hydrogen) atoms. The molecule has 0 aromatic rings. The maximum Gasteiger partial charge on any atom is 0.213 e. The fourth-order valence-electron chi connectivity index (χ4n) is 1.02. The molecule has 0 fully saturated rings. The van der Waals surface area contributed by atoms with Gasteiger partial charge in [-0.15, -0.1) is 0 Å². The highest BCUT2D eigenvalue weighted by Gasteiger charge is 2.08. The van der Waals surface area contributed by atoms with Crippen LogP contribution in [0.15, 0.2) is 4.99 Å². The van der Waals surface area contributed by atoms with Gasteiger partial charge >= 0.3 is 0 Å². The van der Waals surface area contributed by atoms with Crippen LogP contribution < -0.4 is 21.3 Å². The summed E-state index contributed by atoms with van der Waals surface area (Å²) in [6, 6.07) is 0. The Morgan fingerprint density at radius 2 is 2.06 bits per heavy atom. The van der Waals surface area contributed by atoms with Crippen LogP contribution in [0.3, 0.4) is 0 Å². The number of aliphatic imine (C=N–C) groups is 1. The van der Waals surface area contributed by atoms with E-state index < -0.39 is 10.0 Å². The van der Waals surface area contributed by atoms with Crippen LogP contribution in [-0.2, 0) is 10.0 Å². The second-order valence-electron chi connectivity index (χ2n) is 3.97. The van der Waals surface area contributed by atoms with Crippen LogP contribution in [0.25, 0.3) is 0 Å². The number of hydrogen-bond acceptors (Lipinski definition) is 4. The Kier molecular flexibility index (Phi) is 7.85. The largest absolute Gasteiger partial charge is 0.354 e. The summed E-state index contributed by atoms with van der Waals surface area (Å²) in [5.41, 5.74) is 2.40. The highest BCUT2D eigenvalue weighted by atomic mass is 32.2. The minimum Gasteiger partial charge on any atom is -0.354 e. The van der Waals surface area contributed by atoms with E-state index in [4.69, 9.17) is 5.84 Å². The molecule has 8 heteroatoms. The van der Waals surface area contributed by atoms with E-state index in [1.165, 1.54) is 0 Å². The van der Waals surface area contributed by atoms with Crippen LogP contribution in [0.1, 0.15) is 20.8 Å². The maximum absolute atomic E-state index is 11.3. The molecular formula is C9H23N5O2S. The van der Waals surface area contributed by atoms with E-state index in [0.717, 1.165) is 0 Å². The summed E-state index contributed by atoms with van der Waals surface area (Å²) in [5.74, 6) is 6.08. The summed E-state index contributed by atoms with van der Waals surface area (Å²) in [5, 5.41) is 2.83. The standard InChI is InChI=1S/C9H23N5O2S/c1-4-13-17(15,16)6-5-11-9(14-10)12-7-8(2)3/h8,13H,4-7,10H2,1-3H3,(H2,11,12,14). The van der Waals surface area contributed by atoms with Crippen LogP contribution in [-0.4, -0.2) is 39.8 Å². The van der Waals surface area contributed by atoms with E-state index in [1.807, 2.05) is 13.8 Å². The molecule has 0 unspecified atom stereocenters. The Balaban J connectivity index is 4.04. The normalized spacial score (nSPS) is 12.9. The summed E-state index contributed by atoms with van der Waals surface area (Å²) in [7, 11) is -3.20. The summed E-state index contributed by atoms with van der Waals surface area (Å²) in [6.45, 7) is 7.09. The van der Waals surface area contributed by atoms with Gasteiger partial charge in [0, 0.05) is 19.6 Å². The van der Waals surface area contributed by atoms with Crippen molar-refractivity contribution >= 4 is 16.0 Å². The van der Waals surface area contributed by atoms with Crippen molar-refractivity contribution in [2.24, 2.45) is 16.8 Å². The number of nitrogens with one attached hydrogen (secondary N) is 3. The second-order valence-corrected chi connectivity index (χ2v) is 5.90. The Labute approximate surface area is 103 Å². The van der Waals surface area contributed by atoms with Crippen molar-refractivity contribution in [3.05, 3.63) is 0 Å². The topological polar surface area (TPSA) is 109 Å². The Morgan fingerprint density at radius 1 is 1.41 bits per heavy atom. The molecule has 0 saturated carbocycles. The number of rotatable bonds is 7. The highest BCUT2D eigenvalue weighted by molar-refractivity contribution is 7.89. The number of sulfonamides is 1. The zero-order valence-electron chi connectivity index (χ0n) is 10.7. The van der Waals surface area contributed by atoms with Gasteiger partial charge in [0.25, 0.3) is 0 Å². The molecular weight excluding hydrogens is 242 g/mol. The summed E-state index contributed by atoms with van der Waals surface area (Å²) in [6.07, 6.45) is 0. The molecule has 0 rings (SSSR count). The van der Waals surface area contributed by atoms with Gasteiger partial charge in [-0.05, 0) is 5.92 Å². The predicted molar refractivity (Wildman–Crippen MR) is 69.9 cm³/mol.